The van der Waals surface area contributed by atoms with E-state index in [2.05, 4.69) is 13.0 Å². The standard InChI is InChI=1S/C13H14O2/c1-9-6-13(9,8-14)11-7-15-12-5-3-2-4-10(11)12/h2-5,7,9,14H,6,8H2,1H3. The van der Waals surface area contributed by atoms with Gasteiger partial charge < -0.3 is 9.52 Å². The second-order valence-electron chi connectivity index (χ2n) is 4.56. The van der Waals surface area contributed by atoms with Gasteiger partial charge in [0.1, 0.15) is 5.58 Å². The SMILES string of the molecule is CC1CC1(CO)c1coc2ccccc12. The Hall–Kier alpha value is -1.28. The third-order valence-corrected chi connectivity index (χ3v) is 3.75. The minimum atomic E-state index is -0.0351. The lowest BCUT2D eigenvalue weighted by Gasteiger charge is -2.10. The molecule has 1 N–H and O–H groups in total. The summed E-state index contributed by atoms with van der Waals surface area (Å²) in [4.78, 5) is 0. The van der Waals surface area contributed by atoms with E-state index in [1.54, 1.807) is 0 Å². The molecule has 0 bridgehead atoms. The van der Waals surface area contributed by atoms with Crippen molar-refractivity contribution in [2.45, 2.75) is 18.8 Å². The molecule has 1 fully saturated rings. The average Bonchev–Trinajstić information content (AvgIpc) is 2.76. The maximum Gasteiger partial charge on any atom is 0.134 e. The maximum atomic E-state index is 9.52. The highest BCUT2D eigenvalue weighted by Gasteiger charge is 2.53. The number of rotatable bonds is 2. The van der Waals surface area contributed by atoms with Gasteiger partial charge in [-0.15, -0.1) is 0 Å². The van der Waals surface area contributed by atoms with Gasteiger partial charge in [0.2, 0.25) is 0 Å². The summed E-state index contributed by atoms with van der Waals surface area (Å²) in [5.41, 5.74) is 2.06. The first-order chi connectivity index (χ1) is 7.28. The molecule has 0 spiro atoms. The van der Waals surface area contributed by atoms with Crippen LogP contribution in [-0.2, 0) is 5.41 Å². The van der Waals surface area contributed by atoms with Gasteiger partial charge in [0.05, 0.1) is 12.9 Å². The zero-order chi connectivity index (χ0) is 10.5. The molecule has 2 unspecified atom stereocenters. The molecule has 1 aromatic carbocycles. The summed E-state index contributed by atoms with van der Waals surface area (Å²) in [6, 6.07) is 8.02. The lowest BCUT2D eigenvalue weighted by molar-refractivity contribution is 0.247. The monoisotopic (exact) mass is 202 g/mol. The van der Waals surface area contributed by atoms with Crippen LogP contribution in [0.2, 0.25) is 0 Å². The van der Waals surface area contributed by atoms with E-state index in [4.69, 9.17) is 4.42 Å². The van der Waals surface area contributed by atoms with Gasteiger partial charge in [-0.25, -0.2) is 0 Å². The molecule has 3 rings (SSSR count). The molecule has 2 atom stereocenters. The largest absolute Gasteiger partial charge is 0.464 e. The number of benzene rings is 1. The quantitative estimate of drug-likeness (QED) is 0.812. The van der Waals surface area contributed by atoms with Crippen LogP contribution in [-0.4, -0.2) is 11.7 Å². The van der Waals surface area contributed by atoms with Crippen LogP contribution in [0.4, 0.5) is 0 Å². The first-order valence-corrected chi connectivity index (χ1v) is 5.35. The Morgan fingerprint density at radius 1 is 1.47 bits per heavy atom. The molecular formula is C13H14O2. The molecule has 1 aliphatic carbocycles. The van der Waals surface area contributed by atoms with Gasteiger partial charge >= 0.3 is 0 Å². The van der Waals surface area contributed by atoms with Gasteiger partial charge in [-0.2, -0.15) is 0 Å². The van der Waals surface area contributed by atoms with E-state index in [0.29, 0.717) is 5.92 Å². The van der Waals surface area contributed by atoms with E-state index in [9.17, 15) is 5.11 Å². The van der Waals surface area contributed by atoms with Gasteiger partial charge in [0, 0.05) is 16.4 Å². The molecular weight excluding hydrogens is 188 g/mol. The second-order valence-corrected chi connectivity index (χ2v) is 4.56. The zero-order valence-corrected chi connectivity index (χ0v) is 8.73. The molecule has 0 radical (unpaired) electrons. The Labute approximate surface area is 88.5 Å². The fourth-order valence-corrected chi connectivity index (χ4v) is 2.53. The van der Waals surface area contributed by atoms with Gasteiger partial charge in [-0.1, -0.05) is 25.1 Å². The minimum Gasteiger partial charge on any atom is -0.464 e. The van der Waals surface area contributed by atoms with E-state index in [1.165, 1.54) is 5.56 Å². The van der Waals surface area contributed by atoms with E-state index in [1.807, 2.05) is 24.5 Å². The van der Waals surface area contributed by atoms with Crippen LogP contribution in [0.25, 0.3) is 11.0 Å². The predicted octanol–water partition coefficient (Wildman–Crippen LogP) is 2.70. The number of para-hydroxylation sites is 1. The van der Waals surface area contributed by atoms with Crippen molar-refractivity contribution < 1.29 is 9.52 Å². The van der Waals surface area contributed by atoms with Gasteiger partial charge in [-0.3, -0.25) is 0 Å². The molecule has 1 heterocycles. The third-order valence-electron chi connectivity index (χ3n) is 3.75. The maximum absolute atomic E-state index is 9.52. The topological polar surface area (TPSA) is 33.4 Å². The van der Waals surface area contributed by atoms with Crippen LogP contribution < -0.4 is 0 Å². The number of furan rings is 1. The van der Waals surface area contributed by atoms with Crippen molar-refractivity contribution in [2.75, 3.05) is 6.61 Å². The predicted molar refractivity (Wildman–Crippen MR) is 58.8 cm³/mol. The summed E-state index contributed by atoms with van der Waals surface area (Å²) in [6.07, 6.45) is 2.87. The number of hydrogen-bond acceptors (Lipinski definition) is 2. The summed E-state index contributed by atoms with van der Waals surface area (Å²) in [6.45, 7) is 2.40. The van der Waals surface area contributed by atoms with Crippen LogP contribution in [0, 0.1) is 5.92 Å². The highest BCUT2D eigenvalue weighted by Crippen LogP contribution is 2.55. The summed E-state index contributed by atoms with van der Waals surface area (Å²) in [5.74, 6) is 0.559. The fourth-order valence-electron chi connectivity index (χ4n) is 2.53. The van der Waals surface area contributed by atoms with Crippen molar-refractivity contribution in [3.8, 4) is 0 Å². The molecule has 0 amide bonds. The van der Waals surface area contributed by atoms with E-state index in [0.717, 1.165) is 17.4 Å². The van der Waals surface area contributed by atoms with Crippen LogP contribution in [0.15, 0.2) is 34.9 Å². The van der Waals surface area contributed by atoms with Gasteiger partial charge in [0.25, 0.3) is 0 Å². The fraction of sp³-hybridized carbons (Fsp3) is 0.385. The Bertz CT molecular complexity index is 496. The number of fused-ring (bicyclic) bond motifs is 1. The van der Waals surface area contributed by atoms with Crippen molar-refractivity contribution in [2.24, 2.45) is 5.92 Å². The first-order valence-electron chi connectivity index (χ1n) is 5.35. The van der Waals surface area contributed by atoms with Gasteiger partial charge in [0.15, 0.2) is 0 Å². The van der Waals surface area contributed by atoms with Crippen molar-refractivity contribution in [3.63, 3.8) is 0 Å². The molecule has 0 saturated heterocycles. The van der Waals surface area contributed by atoms with E-state index < -0.39 is 0 Å². The lowest BCUT2D eigenvalue weighted by Crippen LogP contribution is -2.13. The highest BCUT2D eigenvalue weighted by molar-refractivity contribution is 5.82. The van der Waals surface area contributed by atoms with Crippen molar-refractivity contribution in [1.29, 1.82) is 0 Å². The third kappa shape index (κ3) is 1.08. The van der Waals surface area contributed by atoms with Crippen molar-refractivity contribution in [1.82, 2.24) is 0 Å². The average molecular weight is 202 g/mol. The normalized spacial score (nSPS) is 29.6. The smallest absolute Gasteiger partial charge is 0.134 e. The summed E-state index contributed by atoms with van der Waals surface area (Å²) in [7, 11) is 0. The molecule has 15 heavy (non-hydrogen) atoms. The van der Waals surface area contributed by atoms with Crippen LogP contribution in [0.5, 0.6) is 0 Å². The number of hydrogen-bond donors (Lipinski definition) is 1. The molecule has 1 saturated carbocycles. The Morgan fingerprint density at radius 2 is 2.20 bits per heavy atom. The number of aliphatic hydroxyl groups is 1. The molecule has 2 heteroatoms. The van der Waals surface area contributed by atoms with Crippen LogP contribution in [0.3, 0.4) is 0 Å². The molecule has 1 aliphatic rings. The first kappa shape index (κ1) is 8.98. The van der Waals surface area contributed by atoms with Crippen LogP contribution >= 0.6 is 0 Å². The van der Waals surface area contributed by atoms with E-state index in [-0.39, 0.29) is 12.0 Å². The minimum absolute atomic E-state index is 0.0351. The Morgan fingerprint density at radius 3 is 2.87 bits per heavy atom. The van der Waals surface area contributed by atoms with Crippen LogP contribution in [0.1, 0.15) is 18.9 Å². The molecule has 1 aromatic heterocycles. The summed E-state index contributed by atoms with van der Waals surface area (Å²) >= 11 is 0. The van der Waals surface area contributed by atoms with E-state index >= 15 is 0 Å². The number of aliphatic hydroxyl groups excluding tert-OH is 1. The zero-order valence-electron chi connectivity index (χ0n) is 8.73. The Balaban J connectivity index is 2.20. The summed E-state index contributed by atoms with van der Waals surface area (Å²) < 4.78 is 5.51. The molecule has 0 aliphatic heterocycles. The Kier molecular flexibility index (Phi) is 1.71. The van der Waals surface area contributed by atoms with Crippen molar-refractivity contribution in [3.05, 3.63) is 36.1 Å². The summed E-state index contributed by atoms with van der Waals surface area (Å²) in [5, 5.41) is 10.7. The highest BCUT2D eigenvalue weighted by atomic mass is 16.3. The molecule has 2 aromatic rings. The second kappa shape index (κ2) is 2.86. The van der Waals surface area contributed by atoms with Crippen molar-refractivity contribution >= 4 is 11.0 Å². The lowest BCUT2D eigenvalue weighted by atomic mass is 9.94. The molecule has 78 valence electrons. The van der Waals surface area contributed by atoms with Gasteiger partial charge in [-0.05, 0) is 18.4 Å². The molecule has 2 nitrogen and oxygen atoms in total.